The van der Waals surface area contributed by atoms with E-state index in [1.807, 2.05) is 38.1 Å². The molecule has 8 heteroatoms. The second-order valence-corrected chi connectivity index (χ2v) is 4.82. The highest BCUT2D eigenvalue weighted by Crippen LogP contribution is 2.18. The van der Waals surface area contributed by atoms with Crippen LogP contribution in [0.1, 0.15) is 13.8 Å². The number of rotatable bonds is 5. The molecule has 0 aromatic carbocycles. The maximum absolute atomic E-state index is 5.84. The van der Waals surface area contributed by atoms with Gasteiger partial charge in [0.05, 0.1) is 0 Å². The van der Waals surface area contributed by atoms with Gasteiger partial charge in [-0.15, -0.1) is 0 Å². The average molecular weight is 294 g/mol. The summed E-state index contributed by atoms with van der Waals surface area (Å²) < 4.78 is 17.5. The van der Waals surface area contributed by atoms with Crippen molar-refractivity contribution < 1.29 is 13.7 Å². The van der Waals surface area contributed by atoms with E-state index in [1.54, 1.807) is 18.6 Å². The Labute approximate surface area is 132 Å². The smallest absolute Gasteiger partial charge is 0.445 e. The van der Waals surface area contributed by atoms with E-state index >= 15 is 0 Å². The monoisotopic (exact) mass is 294 g/mol. The Kier molecular flexibility index (Phi) is 5.95. The van der Waals surface area contributed by atoms with Gasteiger partial charge in [-0.3, -0.25) is 9.98 Å². The van der Waals surface area contributed by atoms with Gasteiger partial charge in [0.2, 0.25) is 0 Å². The van der Waals surface area contributed by atoms with Crippen LogP contribution in [0, 0.1) is 0 Å². The van der Waals surface area contributed by atoms with Gasteiger partial charge < -0.3 is 13.7 Å². The van der Waals surface area contributed by atoms with Gasteiger partial charge in [-0.2, -0.15) is 0 Å². The van der Waals surface area contributed by atoms with E-state index in [1.165, 1.54) is 0 Å². The third kappa shape index (κ3) is 4.07. The van der Waals surface area contributed by atoms with Gasteiger partial charge in [0, 0.05) is 18.6 Å². The van der Waals surface area contributed by atoms with Gasteiger partial charge in [-0.05, 0) is 43.0 Å². The number of allylic oxidation sites excluding steroid dienone is 4. The molecular weight excluding hydrogens is 277 g/mol. The summed E-state index contributed by atoms with van der Waals surface area (Å²) >= 11 is 0. The summed E-state index contributed by atoms with van der Waals surface area (Å²) in [5, 5.41) is 0. The van der Waals surface area contributed by atoms with Crippen LogP contribution in [0.25, 0.3) is 0 Å². The third-order valence-electron chi connectivity index (χ3n) is 3.05. The Morgan fingerprint density at radius 3 is 2.73 bits per heavy atom. The maximum atomic E-state index is 5.84. The number of aliphatic imine (C=N–C) groups is 1. The van der Waals surface area contributed by atoms with E-state index in [0.717, 1.165) is 10.9 Å². The molecule has 0 atom stereocenters. The molecule has 1 aliphatic rings. The van der Waals surface area contributed by atoms with Crippen LogP contribution in [0.4, 0.5) is 0 Å². The highest BCUT2D eigenvalue weighted by atomic mass is 16.7. The zero-order chi connectivity index (χ0) is 15.9. The zero-order valence-corrected chi connectivity index (χ0v) is 12.8. The van der Waals surface area contributed by atoms with Gasteiger partial charge in [0.1, 0.15) is 0 Å². The summed E-state index contributed by atoms with van der Waals surface area (Å²) in [6.45, 7) is 11.2. The molecule has 1 aromatic rings. The lowest BCUT2D eigenvalue weighted by atomic mass is 9.61. The van der Waals surface area contributed by atoms with E-state index in [0.29, 0.717) is 5.47 Å². The molecule has 0 radical (unpaired) electrons. The van der Waals surface area contributed by atoms with Gasteiger partial charge in [-0.1, -0.05) is 24.8 Å². The number of hydrogen-bond acceptors (Lipinski definition) is 5. The minimum absolute atomic E-state index is 0.587. The molecule has 1 fully saturated rings. The standard InChI is InChI=1S/C14H17B3N2O3/c1-5-7-12(2)15-20-16(13(3)10-18-4)22-17(21-15)14-8-6-9-19-11-14/h5-11H,2,4H2,1,3H3. The van der Waals surface area contributed by atoms with E-state index in [2.05, 4.69) is 23.3 Å². The maximum Gasteiger partial charge on any atom is 0.468 e. The molecule has 1 aromatic heterocycles. The molecule has 110 valence electrons. The lowest BCUT2D eigenvalue weighted by Gasteiger charge is -2.31. The van der Waals surface area contributed by atoms with Gasteiger partial charge in [-0.25, -0.2) is 0 Å². The second kappa shape index (κ2) is 7.94. The molecule has 0 spiro atoms. The third-order valence-corrected chi connectivity index (χ3v) is 3.05. The molecule has 2 heterocycles. The van der Waals surface area contributed by atoms with Crippen LogP contribution in [-0.2, 0) is 13.7 Å². The largest absolute Gasteiger partial charge is 0.468 e. The zero-order valence-electron chi connectivity index (χ0n) is 12.8. The first-order chi connectivity index (χ1) is 10.7. The highest BCUT2D eigenvalue weighted by Gasteiger charge is 2.43. The molecule has 0 aliphatic carbocycles. The Morgan fingerprint density at radius 1 is 1.32 bits per heavy atom. The summed E-state index contributed by atoms with van der Waals surface area (Å²) in [6, 6.07) is 3.72. The van der Waals surface area contributed by atoms with Crippen molar-refractivity contribution >= 4 is 33.5 Å². The first-order valence-corrected chi connectivity index (χ1v) is 6.96. The molecule has 2 rings (SSSR count). The SMILES string of the molecule is C=NC=C(C)B1OB(C(=C)C=CC)OB(c2cccnc2)O1. The molecule has 1 saturated heterocycles. The van der Waals surface area contributed by atoms with Gasteiger partial charge in [0.25, 0.3) is 0 Å². The van der Waals surface area contributed by atoms with Gasteiger partial charge >= 0.3 is 21.4 Å². The first kappa shape index (κ1) is 16.5. The molecule has 0 bridgehead atoms. The van der Waals surface area contributed by atoms with Crippen LogP contribution in [0.3, 0.4) is 0 Å². The summed E-state index contributed by atoms with van der Waals surface area (Å²) in [4.78, 5) is 7.85. The summed E-state index contributed by atoms with van der Waals surface area (Å²) in [7, 11) is -1.78. The van der Waals surface area contributed by atoms with Gasteiger partial charge in [0.15, 0.2) is 0 Å². The molecule has 0 saturated carbocycles. The van der Waals surface area contributed by atoms with E-state index in [-0.39, 0.29) is 0 Å². The minimum Gasteiger partial charge on any atom is -0.445 e. The van der Waals surface area contributed by atoms with Crippen LogP contribution in [0.15, 0.2) is 65.4 Å². The highest BCUT2D eigenvalue weighted by molar-refractivity contribution is 6.83. The molecule has 0 amide bonds. The Balaban J connectivity index is 2.25. The molecular formula is C14H17B3N2O3. The number of hydrogen-bond donors (Lipinski definition) is 0. The summed E-state index contributed by atoms with van der Waals surface area (Å²) in [5.41, 5.74) is 2.32. The molecule has 22 heavy (non-hydrogen) atoms. The predicted molar refractivity (Wildman–Crippen MR) is 91.6 cm³/mol. The van der Waals surface area contributed by atoms with Crippen molar-refractivity contribution in [3.05, 3.63) is 60.4 Å². The fraction of sp³-hybridized carbons (Fsp3) is 0.143. The Morgan fingerprint density at radius 2 is 2.09 bits per heavy atom. The van der Waals surface area contributed by atoms with Crippen LogP contribution < -0.4 is 5.46 Å². The quantitative estimate of drug-likeness (QED) is 0.470. The minimum atomic E-state index is -0.603. The summed E-state index contributed by atoms with van der Waals surface area (Å²) in [6.07, 6.45) is 8.73. The van der Waals surface area contributed by atoms with E-state index < -0.39 is 21.4 Å². The average Bonchev–Trinajstić information content (AvgIpc) is 2.55. The van der Waals surface area contributed by atoms with Crippen LogP contribution in [0.2, 0.25) is 0 Å². The van der Waals surface area contributed by atoms with Crippen LogP contribution in [-0.4, -0.2) is 33.1 Å². The second-order valence-electron chi connectivity index (χ2n) is 4.82. The summed E-state index contributed by atoms with van der Waals surface area (Å²) in [5.74, 6) is 0. The van der Waals surface area contributed by atoms with Crippen LogP contribution in [0.5, 0.6) is 0 Å². The molecule has 0 unspecified atom stereocenters. The van der Waals surface area contributed by atoms with E-state index in [9.17, 15) is 0 Å². The molecule has 1 aliphatic heterocycles. The van der Waals surface area contributed by atoms with Crippen LogP contribution >= 0.6 is 0 Å². The Hall–Kier alpha value is -1.89. The lowest BCUT2D eigenvalue weighted by molar-refractivity contribution is 0.302. The fourth-order valence-corrected chi connectivity index (χ4v) is 1.99. The van der Waals surface area contributed by atoms with Crippen molar-refractivity contribution in [2.24, 2.45) is 4.99 Å². The molecule has 0 N–H and O–H groups in total. The topological polar surface area (TPSA) is 52.9 Å². The van der Waals surface area contributed by atoms with E-state index in [4.69, 9.17) is 13.7 Å². The normalized spacial score (nSPS) is 16.3. The van der Waals surface area contributed by atoms with Crippen molar-refractivity contribution in [1.29, 1.82) is 0 Å². The van der Waals surface area contributed by atoms with Crippen molar-refractivity contribution in [2.75, 3.05) is 0 Å². The number of pyridine rings is 1. The number of nitrogens with zero attached hydrogens (tertiary/aromatic N) is 2. The Bertz CT molecular complexity index is 592. The van der Waals surface area contributed by atoms with Crippen molar-refractivity contribution in [3.8, 4) is 0 Å². The fourth-order valence-electron chi connectivity index (χ4n) is 1.99. The predicted octanol–water partition coefficient (Wildman–Crippen LogP) is 1.63. The molecule has 5 nitrogen and oxygen atoms in total. The van der Waals surface area contributed by atoms with Crippen molar-refractivity contribution in [3.63, 3.8) is 0 Å². The van der Waals surface area contributed by atoms with Crippen molar-refractivity contribution in [2.45, 2.75) is 13.8 Å². The first-order valence-electron chi connectivity index (χ1n) is 6.96. The lowest BCUT2D eigenvalue weighted by Crippen LogP contribution is -2.55. The van der Waals surface area contributed by atoms with Crippen molar-refractivity contribution in [1.82, 2.24) is 4.98 Å². The number of aromatic nitrogens is 1.